The summed E-state index contributed by atoms with van der Waals surface area (Å²) in [5.74, 6) is 0. The van der Waals surface area contributed by atoms with Crippen molar-refractivity contribution in [3.63, 3.8) is 0 Å². The number of nitrogens with zero attached hydrogens (tertiary/aromatic N) is 2. The van der Waals surface area contributed by atoms with E-state index in [1.165, 1.54) is 29.8 Å². The summed E-state index contributed by atoms with van der Waals surface area (Å²) in [5.41, 5.74) is 3.34. The van der Waals surface area contributed by atoms with Gasteiger partial charge in [0.1, 0.15) is 6.10 Å². The van der Waals surface area contributed by atoms with E-state index in [2.05, 4.69) is 9.38 Å². The maximum atomic E-state index is 10.6. The van der Waals surface area contributed by atoms with Crippen LogP contribution in [0, 0.1) is 0 Å². The number of aliphatic hydroxyl groups is 1. The van der Waals surface area contributed by atoms with E-state index in [0.29, 0.717) is 0 Å². The lowest BCUT2D eigenvalue weighted by molar-refractivity contribution is 0.223. The van der Waals surface area contributed by atoms with Crippen LogP contribution in [0.25, 0.3) is 11.0 Å². The zero-order valence-corrected chi connectivity index (χ0v) is 13.8. The van der Waals surface area contributed by atoms with Gasteiger partial charge in [0.15, 0.2) is 4.96 Å². The summed E-state index contributed by atoms with van der Waals surface area (Å²) in [6.45, 7) is 0. The van der Waals surface area contributed by atoms with Crippen LogP contribution in [0.15, 0.2) is 42.6 Å². The van der Waals surface area contributed by atoms with Crippen LogP contribution in [0.2, 0.25) is 0 Å². The third-order valence-corrected chi connectivity index (χ3v) is 5.61. The molecule has 3 nitrogen and oxygen atoms in total. The minimum atomic E-state index is -0.632. The van der Waals surface area contributed by atoms with Gasteiger partial charge >= 0.3 is 0 Å². The van der Waals surface area contributed by atoms with Gasteiger partial charge in [-0.3, -0.25) is 4.40 Å². The van der Waals surface area contributed by atoms with Crippen molar-refractivity contribution < 1.29 is 5.11 Å². The highest BCUT2D eigenvalue weighted by atomic mass is 32.1. The van der Waals surface area contributed by atoms with Crippen LogP contribution in [-0.2, 0) is 12.8 Å². The van der Waals surface area contributed by atoms with E-state index >= 15 is 0 Å². The Bertz CT molecular complexity index is 832. The molecule has 0 amide bonds. The Morgan fingerprint density at radius 2 is 1.96 bits per heavy atom. The normalized spacial score (nSPS) is 16.6. The Labute approximate surface area is 139 Å². The van der Waals surface area contributed by atoms with Crippen molar-refractivity contribution in [1.29, 1.82) is 0 Å². The highest BCUT2D eigenvalue weighted by Crippen LogP contribution is 2.32. The van der Waals surface area contributed by atoms with E-state index in [-0.39, 0.29) is 0 Å². The SMILES string of the molecule is OC(/C=C/c1ccccc1)c1cnc2sc3c(n12)CCCCC3. The third kappa shape index (κ3) is 2.84. The smallest absolute Gasteiger partial charge is 0.194 e. The lowest BCUT2D eigenvalue weighted by Gasteiger charge is -2.07. The predicted molar refractivity (Wildman–Crippen MR) is 94.8 cm³/mol. The molecule has 1 N–H and O–H groups in total. The molecule has 1 aliphatic carbocycles. The van der Waals surface area contributed by atoms with Crippen molar-refractivity contribution >= 4 is 22.4 Å². The molecule has 1 unspecified atom stereocenters. The summed E-state index contributed by atoms with van der Waals surface area (Å²) in [4.78, 5) is 6.98. The van der Waals surface area contributed by atoms with Crippen molar-refractivity contribution in [2.75, 3.05) is 0 Å². The molecule has 1 aromatic carbocycles. The average Bonchev–Trinajstić information content (AvgIpc) is 3.05. The number of hydrogen-bond acceptors (Lipinski definition) is 3. The zero-order chi connectivity index (χ0) is 15.6. The average molecular weight is 324 g/mol. The summed E-state index contributed by atoms with van der Waals surface area (Å²) < 4.78 is 2.19. The number of hydrogen-bond donors (Lipinski definition) is 1. The molecule has 0 saturated carbocycles. The van der Waals surface area contributed by atoms with Crippen LogP contribution < -0.4 is 0 Å². The van der Waals surface area contributed by atoms with E-state index in [1.807, 2.05) is 48.7 Å². The molecular weight excluding hydrogens is 304 g/mol. The van der Waals surface area contributed by atoms with E-state index in [0.717, 1.165) is 29.1 Å². The van der Waals surface area contributed by atoms with Gasteiger partial charge in [0.25, 0.3) is 0 Å². The van der Waals surface area contributed by atoms with Crippen molar-refractivity contribution in [1.82, 2.24) is 9.38 Å². The van der Waals surface area contributed by atoms with E-state index < -0.39 is 6.10 Å². The van der Waals surface area contributed by atoms with Crippen molar-refractivity contribution in [3.8, 4) is 0 Å². The minimum Gasteiger partial charge on any atom is -0.383 e. The van der Waals surface area contributed by atoms with Crippen LogP contribution in [0.5, 0.6) is 0 Å². The Morgan fingerprint density at radius 1 is 1.13 bits per heavy atom. The molecular formula is C19H20N2OS. The van der Waals surface area contributed by atoms with Crippen LogP contribution >= 0.6 is 11.3 Å². The maximum Gasteiger partial charge on any atom is 0.194 e. The number of aliphatic hydroxyl groups excluding tert-OH is 1. The van der Waals surface area contributed by atoms with Gasteiger partial charge in [0.05, 0.1) is 11.9 Å². The fraction of sp³-hybridized carbons (Fsp3) is 0.316. The molecule has 0 bridgehead atoms. The molecule has 0 radical (unpaired) electrons. The van der Waals surface area contributed by atoms with Crippen LogP contribution in [0.1, 0.15) is 47.2 Å². The first-order valence-electron chi connectivity index (χ1n) is 8.22. The maximum absolute atomic E-state index is 10.6. The number of aryl methyl sites for hydroxylation is 2. The van der Waals surface area contributed by atoms with E-state index in [9.17, 15) is 5.11 Å². The van der Waals surface area contributed by atoms with Gasteiger partial charge in [-0.1, -0.05) is 42.8 Å². The predicted octanol–water partition coefficient (Wildman–Crippen LogP) is 4.41. The summed E-state index contributed by atoms with van der Waals surface area (Å²) in [7, 11) is 0. The molecule has 0 aliphatic heterocycles. The molecule has 2 aromatic heterocycles. The fourth-order valence-corrected chi connectivity index (χ4v) is 4.45. The van der Waals surface area contributed by atoms with Gasteiger partial charge in [0, 0.05) is 10.6 Å². The second-order valence-corrected chi connectivity index (χ2v) is 7.11. The Morgan fingerprint density at radius 3 is 2.83 bits per heavy atom. The number of rotatable bonds is 3. The molecule has 0 spiro atoms. The van der Waals surface area contributed by atoms with Gasteiger partial charge in [-0.05, 0) is 37.3 Å². The number of benzene rings is 1. The molecule has 4 heteroatoms. The monoisotopic (exact) mass is 324 g/mol. The van der Waals surface area contributed by atoms with Crippen molar-refractivity contribution in [2.45, 2.75) is 38.2 Å². The Hall–Kier alpha value is -1.91. The topological polar surface area (TPSA) is 37.5 Å². The quantitative estimate of drug-likeness (QED) is 0.725. The molecule has 23 heavy (non-hydrogen) atoms. The minimum absolute atomic E-state index is 0.632. The summed E-state index contributed by atoms with van der Waals surface area (Å²) in [6, 6.07) is 10.1. The van der Waals surface area contributed by atoms with Gasteiger partial charge in [-0.2, -0.15) is 0 Å². The summed E-state index contributed by atoms with van der Waals surface area (Å²) >= 11 is 1.78. The van der Waals surface area contributed by atoms with Crippen molar-refractivity contribution in [3.05, 3.63) is 64.4 Å². The highest BCUT2D eigenvalue weighted by Gasteiger charge is 2.20. The van der Waals surface area contributed by atoms with Crippen LogP contribution in [-0.4, -0.2) is 14.5 Å². The van der Waals surface area contributed by atoms with Crippen LogP contribution in [0.3, 0.4) is 0 Å². The zero-order valence-electron chi connectivity index (χ0n) is 13.0. The lowest BCUT2D eigenvalue weighted by Crippen LogP contribution is -2.02. The standard InChI is InChI=1S/C19H20N2OS/c22-17(12-11-14-7-3-1-4-8-14)16-13-20-19-21(16)15-9-5-2-6-10-18(15)23-19/h1,3-4,7-8,11-13,17,22H,2,5-6,9-10H2/b12-11+. The molecule has 1 atom stereocenters. The first-order chi connectivity index (χ1) is 11.3. The van der Waals surface area contributed by atoms with Crippen molar-refractivity contribution in [2.24, 2.45) is 0 Å². The van der Waals surface area contributed by atoms with Gasteiger partial charge in [-0.25, -0.2) is 4.98 Å². The Kier molecular flexibility index (Phi) is 4.02. The first kappa shape index (κ1) is 14.7. The number of aromatic nitrogens is 2. The van der Waals surface area contributed by atoms with Gasteiger partial charge in [-0.15, -0.1) is 11.3 Å². The molecule has 1 aliphatic rings. The Balaban J connectivity index is 1.68. The van der Waals surface area contributed by atoms with E-state index in [1.54, 1.807) is 11.3 Å². The number of fused-ring (bicyclic) bond motifs is 3. The molecule has 0 fully saturated rings. The number of imidazole rings is 1. The van der Waals surface area contributed by atoms with Crippen LogP contribution in [0.4, 0.5) is 0 Å². The first-order valence-corrected chi connectivity index (χ1v) is 9.04. The molecule has 2 heterocycles. The highest BCUT2D eigenvalue weighted by molar-refractivity contribution is 7.17. The van der Waals surface area contributed by atoms with Gasteiger partial charge in [0.2, 0.25) is 0 Å². The second-order valence-electron chi connectivity index (χ2n) is 6.05. The molecule has 118 valence electrons. The molecule has 0 saturated heterocycles. The van der Waals surface area contributed by atoms with Gasteiger partial charge < -0.3 is 5.11 Å². The largest absolute Gasteiger partial charge is 0.383 e. The number of thiazole rings is 1. The third-order valence-electron chi connectivity index (χ3n) is 4.45. The summed E-state index contributed by atoms with van der Waals surface area (Å²) in [5, 5.41) is 10.6. The van der Waals surface area contributed by atoms with E-state index in [4.69, 9.17) is 0 Å². The fourth-order valence-electron chi connectivity index (χ4n) is 3.26. The second kappa shape index (κ2) is 6.30. The summed E-state index contributed by atoms with van der Waals surface area (Å²) in [6.07, 6.45) is 11.0. The lowest BCUT2D eigenvalue weighted by atomic mass is 10.1. The molecule has 3 aromatic rings. The molecule has 4 rings (SSSR count).